The highest BCUT2D eigenvalue weighted by Gasteiger charge is 2.29. The summed E-state index contributed by atoms with van der Waals surface area (Å²) in [5.41, 5.74) is 0.821. The molecule has 0 spiro atoms. The minimum absolute atomic E-state index is 0.0501. The quantitative estimate of drug-likeness (QED) is 0.317. The maximum Gasteiger partial charge on any atom is 0.422 e. The molecule has 1 rings (SSSR count). The number of alkyl halides is 3. The number of ether oxygens (including phenoxy) is 3. The Morgan fingerprint density at radius 1 is 1.11 bits per heavy atom. The SMILES string of the molecule is CCCCOCCCNC(=NC)NCc1ccc(OCC(F)(F)F)c(OC)c1. The van der Waals surface area contributed by atoms with Crippen LogP contribution in [0, 0.1) is 0 Å². The number of halogens is 3. The number of unbranched alkanes of at least 4 members (excludes halogenated alkanes) is 1. The normalized spacial score (nSPS) is 12.0. The van der Waals surface area contributed by atoms with Gasteiger partial charge in [0, 0.05) is 33.4 Å². The van der Waals surface area contributed by atoms with Gasteiger partial charge in [0.1, 0.15) is 0 Å². The number of nitrogens with one attached hydrogen (secondary N) is 2. The summed E-state index contributed by atoms with van der Waals surface area (Å²) >= 11 is 0. The fourth-order valence-electron chi connectivity index (χ4n) is 2.24. The van der Waals surface area contributed by atoms with E-state index in [1.165, 1.54) is 13.2 Å². The number of hydrogen-bond acceptors (Lipinski definition) is 4. The molecule has 0 aliphatic heterocycles. The van der Waals surface area contributed by atoms with Crippen LogP contribution in [0.1, 0.15) is 31.7 Å². The molecule has 0 saturated heterocycles. The fourth-order valence-corrected chi connectivity index (χ4v) is 2.24. The third-order valence-corrected chi connectivity index (χ3v) is 3.70. The zero-order valence-electron chi connectivity index (χ0n) is 16.7. The predicted octanol–water partition coefficient (Wildman–Crippen LogP) is 3.51. The topological polar surface area (TPSA) is 64.1 Å². The number of rotatable bonds is 12. The van der Waals surface area contributed by atoms with Crippen LogP contribution in [0.5, 0.6) is 11.5 Å². The van der Waals surface area contributed by atoms with E-state index in [0.29, 0.717) is 19.1 Å². The third kappa shape index (κ3) is 10.2. The molecule has 28 heavy (non-hydrogen) atoms. The standard InChI is InChI=1S/C19H30F3N3O3/c1-4-5-10-27-11-6-9-24-18(23-2)25-13-15-7-8-16(17(12-15)26-3)28-14-19(20,21)22/h7-8,12H,4-6,9-11,13-14H2,1-3H3,(H2,23,24,25). The molecule has 0 bridgehead atoms. The van der Waals surface area contributed by atoms with Gasteiger partial charge in [-0.15, -0.1) is 0 Å². The van der Waals surface area contributed by atoms with Crippen LogP contribution in [0.4, 0.5) is 13.2 Å². The first-order chi connectivity index (χ1) is 13.4. The van der Waals surface area contributed by atoms with Gasteiger partial charge in [0.25, 0.3) is 0 Å². The van der Waals surface area contributed by atoms with Gasteiger partial charge in [0.15, 0.2) is 24.1 Å². The summed E-state index contributed by atoms with van der Waals surface area (Å²) in [5.74, 6) is 0.926. The van der Waals surface area contributed by atoms with Gasteiger partial charge in [0.2, 0.25) is 0 Å². The van der Waals surface area contributed by atoms with Gasteiger partial charge in [-0.1, -0.05) is 19.4 Å². The summed E-state index contributed by atoms with van der Waals surface area (Å²) in [6.07, 6.45) is -1.34. The largest absolute Gasteiger partial charge is 0.493 e. The molecular formula is C19H30F3N3O3. The summed E-state index contributed by atoms with van der Waals surface area (Å²) in [6.45, 7) is 3.40. The first kappa shape index (κ1) is 23.9. The van der Waals surface area contributed by atoms with Crippen molar-refractivity contribution >= 4 is 5.96 Å². The van der Waals surface area contributed by atoms with Crippen molar-refractivity contribution in [3.05, 3.63) is 23.8 Å². The van der Waals surface area contributed by atoms with E-state index in [-0.39, 0.29) is 11.5 Å². The van der Waals surface area contributed by atoms with Gasteiger partial charge in [0.05, 0.1) is 7.11 Å². The molecule has 0 aliphatic rings. The predicted molar refractivity (Wildman–Crippen MR) is 103 cm³/mol. The summed E-state index contributed by atoms with van der Waals surface area (Å²) in [7, 11) is 3.05. The first-order valence-corrected chi connectivity index (χ1v) is 9.28. The van der Waals surface area contributed by atoms with Crippen LogP contribution in [0.2, 0.25) is 0 Å². The lowest BCUT2D eigenvalue weighted by atomic mass is 10.2. The fraction of sp³-hybridized carbons (Fsp3) is 0.632. The van der Waals surface area contributed by atoms with Gasteiger partial charge in [-0.2, -0.15) is 13.2 Å². The molecule has 0 radical (unpaired) electrons. The Morgan fingerprint density at radius 2 is 1.86 bits per heavy atom. The first-order valence-electron chi connectivity index (χ1n) is 9.28. The summed E-state index contributed by atoms with van der Waals surface area (Å²) in [4.78, 5) is 4.14. The number of methoxy groups -OCH3 is 1. The highest BCUT2D eigenvalue weighted by molar-refractivity contribution is 5.79. The second-order valence-corrected chi connectivity index (χ2v) is 6.06. The highest BCUT2D eigenvalue weighted by Crippen LogP contribution is 2.29. The molecule has 1 aromatic carbocycles. The van der Waals surface area contributed by atoms with Crippen LogP contribution < -0.4 is 20.1 Å². The lowest BCUT2D eigenvalue weighted by Gasteiger charge is -2.15. The van der Waals surface area contributed by atoms with Crippen molar-refractivity contribution in [3.63, 3.8) is 0 Å². The minimum Gasteiger partial charge on any atom is -0.493 e. The van der Waals surface area contributed by atoms with Crippen molar-refractivity contribution in [1.82, 2.24) is 10.6 Å². The summed E-state index contributed by atoms with van der Waals surface area (Å²) in [5, 5.41) is 6.33. The number of nitrogens with zero attached hydrogens (tertiary/aromatic N) is 1. The van der Waals surface area contributed by atoms with E-state index >= 15 is 0 Å². The summed E-state index contributed by atoms with van der Waals surface area (Å²) in [6, 6.07) is 4.77. The molecule has 160 valence electrons. The lowest BCUT2D eigenvalue weighted by molar-refractivity contribution is -0.153. The maximum absolute atomic E-state index is 12.3. The second-order valence-electron chi connectivity index (χ2n) is 6.06. The Hall–Kier alpha value is -2.16. The van der Waals surface area contributed by atoms with Crippen molar-refractivity contribution in [2.45, 2.75) is 38.9 Å². The molecule has 0 unspecified atom stereocenters. The zero-order valence-corrected chi connectivity index (χ0v) is 16.7. The monoisotopic (exact) mass is 405 g/mol. The average Bonchev–Trinajstić information content (AvgIpc) is 2.67. The molecule has 0 aliphatic carbocycles. The van der Waals surface area contributed by atoms with Crippen LogP contribution in [-0.4, -0.2) is 52.7 Å². The van der Waals surface area contributed by atoms with Crippen LogP contribution >= 0.6 is 0 Å². The minimum atomic E-state index is -4.40. The lowest BCUT2D eigenvalue weighted by Crippen LogP contribution is -2.37. The van der Waals surface area contributed by atoms with E-state index in [0.717, 1.165) is 38.0 Å². The molecule has 1 aromatic rings. The molecule has 0 atom stereocenters. The van der Waals surface area contributed by atoms with Crippen LogP contribution in [0.15, 0.2) is 23.2 Å². The molecule has 6 nitrogen and oxygen atoms in total. The Bertz CT molecular complexity index is 596. The molecule has 0 amide bonds. The zero-order chi connectivity index (χ0) is 20.8. The average molecular weight is 405 g/mol. The van der Waals surface area contributed by atoms with Gasteiger partial charge >= 0.3 is 6.18 Å². The van der Waals surface area contributed by atoms with E-state index in [9.17, 15) is 13.2 Å². The third-order valence-electron chi connectivity index (χ3n) is 3.70. The van der Waals surface area contributed by atoms with Gasteiger partial charge < -0.3 is 24.8 Å². The smallest absolute Gasteiger partial charge is 0.422 e. The van der Waals surface area contributed by atoms with E-state index < -0.39 is 12.8 Å². The van der Waals surface area contributed by atoms with E-state index in [4.69, 9.17) is 14.2 Å². The Kier molecular flexibility index (Phi) is 11.2. The maximum atomic E-state index is 12.3. The Morgan fingerprint density at radius 3 is 2.50 bits per heavy atom. The van der Waals surface area contributed by atoms with Crippen molar-refractivity contribution in [2.75, 3.05) is 40.5 Å². The van der Waals surface area contributed by atoms with Crippen molar-refractivity contribution in [1.29, 1.82) is 0 Å². The number of benzene rings is 1. The van der Waals surface area contributed by atoms with Crippen molar-refractivity contribution < 1.29 is 27.4 Å². The Balaban J connectivity index is 2.43. The summed E-state index contributed by atoms with van der Waals surface area (Å²) < 4.78 is 52.3. The van der Waals surface area contributed by atoms with Crippen LogP contribution in [0.25, 0.3) is 0 Å². The molecular weight excluding hydrogens is 375 g/mol. The number of hydrogen-bond donors (Lipinski definition) is 2. The van der Waals surface area contributed by atoms with E-state index in [1.807, 2.05) is 0 Å². The molecule has 9 heteroatoms. The van der Waals surface area contributed by atoms with E-state index in [2.05, 4.69) is 22.5 Å². The molecule has 0 aromatic heterocycles. The van der Waals surface area contributed by atoms with E-state index in [1.54, 1.807) is 19.2 Å². The van der Waals surface area contributed by atoms with Crippen molar-refractivity contribution in [3.8, 4) is 11.5 Å². The molecule has 2 N–H and O–H groups in total. The molecule has 0 fully saturated rings. The molecule has 0 saturated carbocycles. The van der Waals surface area contributed by atoms with Gasteiger partial charge in [-0.3, -0.25) is 4.99 Å². The highest BCUT2D eigenvalue weighted by atomic mass is 19.4. The van der Waals surface area contributed by atoms with Crippen LogP contribution in [-0.2, 0) is 11.3 Å². The molecule has 0 heterocycles. The number of aliphatic imine (C=N–C) groups is 1. The van der Waals surface area contributed by atoms with Crippen molar-refractivity contribution in [2.24, 2.45) is 4.99 Å². The Labute approximate surface area is 164 Å². The van der Waals surface area contributed by atoms with Gasteiger partial charge in [-0.25, -0.2) is 0 Å². The number of guanidine groups is 1. The second kappa shape index (κ2) is 13.1. The van der Waals surface area contributed by atoms with Crippen LogP contribution in [0.3, 0.4) is 0 Å². The van der Waals surface area contributed by atoms with Gasteiger partial charge in [-0.05, 0) is 30.5 Å².